The minimum atomic E-state index is -2.83. The molecule has 5 atom stereocenters. The van der Waals surface area contributed by atoms with Gasteiger partial charge in [0.15, 0.2) is 0 Å². The summed E-state index contributed by atoms with van der Waals surface area (Å²) in [6.07, 6.45) is 1.98. The molecule has 10 nitrogen and oxygen atoms in total. The van der Waals surface area contributed by atoms with Crippen molar-refractivity contribution < 1.29 is 37.5 Å². The molecule has 4 fully saturated rings. The van der Waals surface area contributed by atoms with Crippen LogP contribution in [-0.4, -0.2) is 77.2 Å². The average Bonchev–Trinajstić information content (AvgIpc) is 3.76. The second-order valence-electron chi connectivity index (χ2n) is 14.3. The summed E-state index contributed by atoms with van der Waals surface area (Å²) in [7, 11) is 0. The third-order valence-corrected chi connectivity index (χ3v) is 9.46. The first kappa shape index (κ1) is 32.9. The Labute approximate surface area is 252 Å². The van der Waals surface area contributed by atoms with Gasteiger partial charge >= 0.3 is 6.09 Å². The average molecular weight is 609 g/mol. The Morgan fingerprint density at radius 1 is 1.05 bits per heavy atom. The molecule has 43 heavy (non-hydrogen) atoms. The molecule has 0 aromatic rings. The van der Waals surface area contributed by atoms with Gasteiger partial charge in [-0.05, 0) is 69.1 Å². The predicted octanol–water partition coefficient (Wildman–Crippen LogP) is 3.34. The third kappa shape index (κ3) is 7.73. The number of alkyl carbamates (subject to hydrolysis) is 1. The number of fused-ring (bicyclic) bond motifs is 1. The Morgan fingerprint density at radius 2 is 1.67 bits per heavy atom. The number of Topliss-reactive ketones (excluding diaryl/α,β-unsaturated/α-hetero) is 1. The number of carbonyl (C=O) groups is 5. The maximum absolute atomic E-state index is 14.2. The molecule has 0 radical (unpaired) electrons. The topological polar surface area (TPSA) is 134 Å². The van der Waals surface area contributed by atoms with Crippen molar-refractivity contribution in [2.75, 3.05) is 13.1 Å². The van der Waals surface area contributed by atoms with Gasteiger partial charge < -0.3 is 25.6 Å². The summed E-state index contributed by atoms with van der Waals surface area (Å²) in [6.45, 7) is 13.0. The van der Waals surface area contributed by atoms with E-state index in [9.17, 15) is 32.8 Å². The van der Waals surface area contributed by atoms with Crippen LogP contribution in [0.4, 0.5) is 13.6 Å². The zero-order chi connectivity index (χ0) is 31.9. The Kier molecular flexibility index (Phi) is 9.28. The number of ether oxygens (including phenoxy) is 1. The first-order valence-corrected chi connectivity index (χ1v) is 15.4. The van der Waals surface area contributed by atoms with Crippen molar-refractivity contribution >= 4 is 29.6 Å². The number of likely N-dealkylation sites (tertiary alicyclic amines) is 1. The van der Waals surface area contributed by atoms with E-state index in [0.29, 0.717) is 6.42 Å². The number of alkyl halides is 2. The third-order valence-electron chi connectivity index (χ3n) is 9.46. The van der Waals surface area contributed by atoms with Crippen LogP contribution in [0.15, 0.2) is 12.7 Å². The molecule has 0 aromatic heterocycles. The van der Waals surface area contributed by atoms with E-state index in [0.717, 1.165) is 12.8 Å². The smallest absolute Gasteiger partial charge is 0.408 e. The highest BCUT2D eigenvalue weighted by Gasteiger charge is 2.70. The largest absolute Gasteiger partial charge is 0.444 e. The van der Waals surface area contributed by atoms with Gasteiger partial charge in [-0.15, -0.1) is 6.58 Å². The molecule has 5 unspecified atom stereocenters. The minimum Gasteiger partial charge on any atom is -0.444 e. The van der Waals surface area contributed by atoms with Gasteiger partial charge in [-0.1, -0.05) is 32.8 Å². The van der Waals surface area contributed by atoms with Gasteiger partial charge in [0.2, 0.25) is 23.5 Å². The van der Waals surface area contributed by atoms with Crippen LogP contribution in [0.3, 0.4) is 0 Å². The van der Waals surface area contributed by atoms with Crippen LogP contribution in [-0.2, 0) is 23.9 Å². The molecular formula is C31H46F2N4O6. The lowest BCUT2D eigenvalue weighted by Gasteiger charge is -2.38. The first-order valence-electron chi connectivity index (χ1n) is 15.4. The van der Waals surface area contributed by atoms with Crippen molar-refractivity contribution in [2.45, 2.75) is 109 Å². The highest BCUT2D eigenvalue weighted by atomic mass is 19.3. The Balaban J connectivity index is 1.56. The number of nitrogens with zero attached hydrogens (tertiary/aromatic N) is 1. The van der Waals surface area contributed by atoms with E-state index in [-0.39, 0.29) is 49.1 Å². The van der Waals surface area contributed by atoms with E-state index in [4.69, 9.17) is 4.74 Å². The number of halogens is 2. The summed E-state index contributed by atoms with van der Waals surface area (Å²) in [5, 5.41) is 7.90. The number of piperidine rings is 1. The Hall–Kier alpha value is -3.05. The fourth-order valence-corrected chi connectivity index (χ4v) is 6.79. The molecule has 4 rings (SSSR count). The van der Waals surface area contributed by atoms with Gasteiger partial charge in [-0.25, -0.2) is 13.6 Å². The van der Waals surface area contributed by atoms with Gasteiger partial charge in [0, 0.05) is 25.9 Å². The zero-order valence-corrected chi connectivity index (χ0v) is 25.8. The van der Waals surface area contributed by atoms with E-state index in [1.165, 1.54) is 11.0 Å². The summed E-state index contributed by atoms with van der Waals surface area (Å²) >= 11 is 0. The Bertz CT molecular complexity index is 1140. The SMILES string of the molecule is C=CCNC(=O)C(=O)C(CC1CC1)NC(=O)C1C2C(CN1C(=O)C(NC(=O)OC(C)(C)C)C1CCC(F)(F)CC1)C2(C)C. The number of nitrogens with one attached hydrogen (secondary N) is 3. The quantitative estimate of drug-likeness (QED) is 0.243. The van der Waals surface area contributed by atoms with Gasteiger partial charge in [-0.2, -0.15) is 0 Å². The standard InChI is InChI=1S/C31H46F2N4O6/c1-7-14-34-26(40)24(38)20(15-17-8-9-17)35-25(39)23-21-19(30(21,5)6)16-37(23)27(41)22(36-28(42)43-29(2,3)4)18-10-12-31(32,33)13-11-18/h7,17-23H,1,8-16H2,2-6H3,(H,34,40)(H,35,39)(H,36,42). The van der Waals surface area contributed by atoms with E-state index in [1.807, 2.05) is 13.8 Å². The molecule has 3 aliphatic carbocycles. The van der Waals surface area contributed by atoms with Crippen molar-refractivity contribution in [2.24, 2.45) is 29.1 Å². The molecule has 3 saturated carbocycles. The molecule has 4 aliphatic rings. The molecule has 12 heteroatoms. The van der Waals surface area contributed by atoms with Crippen LogP contribution < -0.4 is 16.0 Å². The number of amides is 4. The molecule has 0 aromatic carbocycles. The van der Waals surface area contributed by atoms with Crippen molar-refractivity contribution in [1.29, 1.82) is 0 Å². The summed E-state index contributed by atoms with van der Waals surface area (Å²) < 4.78 is 33.4. The van der Waals surface area contributed by atoms with Crippen molar-refractivity contribution in [3.8, 4) is 0 Å². The van der Waals surface area contributed by atoms with Gasteiger partial charge in [0.05, 0.1) is 6.04 Å². The molecule has 1 saturated heterocycles. The lowest BCUT2D eigenvalue weighted by Crippen LogP contribution is -2.60. The van der Waals surface area contributed by atoms with Gasteiger partial charge in [0.1, 0.15) is 17.7 Å². The van der Waals surface area contributed by atoms with E-state index >= 15 is 0 Å². The highest BCUT2D eigenvalue weighted by molar-refractivity contribution is 6.38. The molecule has 1 aliphatic heterocycles. The van der Waals surface area contributed by atoms with Crippen LogP contribution in [0.25, 0.3) is 0 Å². The Morgan fingerprint density at radius 3 is 2.23 bits per heavy atom. The van der Waals surface area contributed by atoms with E-state index in [1.54, 1.807) is 20.8 Å². The predicted molar refractivity (Wildman–Crippen MR) is 154 cm³/mol. The van der Waals surface area contributed by atoms with Crippen LogP contribution >= 0.6 is 0 Å². The summed E-state index contributed by atoms with van der Waals surface area (Å²) in [5.74, 6) is -5.99. The molecule has 240 valence electrons. The fourth-order valence-electron chi connectivity index (χ4n) is 6.79. The minimum absolute atomic E-state index is 0.0125. The number of ketones is 1. The monoisotopic (exact) mass is 608 g/mol. The summed E-state index contributed by atoms with van der Waals surface area (Å²) in [4.78, 5) is 67.8. The number of rotatable bonds is 11. The van der Waals surface area contributed by atoms with Crippen molar-refractivity contribution in [1.82, 2.24) is 20.9 Å². The first-order chi connectivity index (χ1) is 19.9. The zero-order valence-electron chi connectivity index (χ0n) is 25.8. The lowest BCUT2D eigenvalue weighted by atomic mass is 9.81. The fraction of sp³-hybridized carbons (Fsp3) is 0.774. The van der Waals surface area contributed by atoms with Crippen LogP contribution in [0.5, 0.6) is 0 Å². The van der Waals surface area contributed by atoms with Gasteiger partial charge in [0.25, 0.3) is 5.91 Å². The second kappa shape index (κ2) is 12.1. The molecule has 3 N–H and O–H groups in total. The molecule has 0 spiro atoms. The number of hydrogen-bond acceptors (Lipinski definition) is 6. The van der Waals surface area contributed by atoms with Crippen LogP contribution in [0, 0.1) is 29.1 Å². The number of hydrogen-bond donors (Lipinski definition) is 3. The maximum atomic E-state index is 14.2. The maximum Gasteiger partial charge on any atom is 0.408 e. The lowest BCUT2D eigenvalue weighted by molar-refractivity contribution is -0.145. The summed E-state index contributed by atoms with van der Waals surface area (Å²) in [5.41, 5.74) is -1.09. The van der Waals surface area contributed by atoms with E-state index in [2.05, 4.69) is 22.5 Å². The van der Waals surface area contributed by atoms with E-state index < -0.39 is 78.0 Å². The summed E-state index contributed by atoms with van der Waals surface area (Å²) in [6, 6.07) is -3.14. The molecule has 0 bridgehead atoms. The van der Waals surface area contributed by atoms with Gasteiger partial charge in [-0.3, -0.25) is 19.2 Å². The number of carbonyl (C=O) groups excluding carboxylic acids is 5. The molecular weight excluding hydrogens is 562 g/mol. The second-order valence-corrected chi connectivity index (χ2v) is 14.3. The normalized spacial score (nSPS) is 27.2. The van der Waals surface area contributed by atoms with Crippen LogP contribution in [0.2, 0.25) is 0 Å². The van der Waals surface area contributed by atoms with Crippen molar-refractivity contribution in [3.63, 3.8) is 0 Å². The molecule has 4 amide bonds. The molecule has 1 heterocycles. The highest BCUT2D eigenvalue weighted by Crippen LogP contribution is 2.65. The van der Waals surface area contributed by atoms with Crippen LogP contribution in [0.1, 0.15) is 79.6 Å². The van der Waals surface area contributed by atoms with Crippen molar-refractivity contribution in [3.05, 3.63) is 12.7 Å².